The van der Waals surface area contributed by atoms with Gasteiger partial charge in [0.25, 0.3) is 0 Å². The molecule has 0 spiro atoms. The topological polar surface area (TPSA) is 64.3 Å². The molecule has 0 aliphatic carbocycles. The molecule has 0 saturated carbocycles. The Morgan fingerprint density at radius 2 is 1.86 bits per heavy atom. The van der Waals surface area contributed by atoms with Crippen LogP contribution in [0, 0.1) is 0 Å². The first-order valence-electron chi connectivity index (χ1n) is 8.90. The molecule has 3 aromatic heterocycles. The smallest absolute Gasteiger partial charge is 0.213 e. The van der Waals surface area contributed by atoms with E-state index in [1.165, 1.54) is 10.8 Å². The Morgan fingerprint density at radius 3 is 2.68 bits per heavy atom. The van der Waals surface area contributed by atoms with E-state index in [1.807, 2.05) is 35.0 Å². The molecule has 0 fully saturated rings. The molecule has 0 aliphatic rings. The number of nitrogens with zero attached hydrogens (tertiary/aromatic N) is 4. The van der Waals surface area contributed by atoms with Crippen LogP contribution < -0.4 is 10.1 Å². The van der Waals surface area contributed by atoms with E-state index in [9.17, 15) is 0 Å². The van der Waals surface area contributed by atoms with Crippen LogP contribution in [0.4, 0.5) is 11.5 Å². The quantitative estimate of drug-likeness (QED) is 0.499. The van der Waals surface area contributed by atoms with Crippen LogP contribution in [0.2, 0.25) is 0 Å². The van der Waals surface area contributed by atoms with E-state index in [0.717, 1.165) is 22.6 Å². The molecule has 1 N–H and O–H groups in total. The van der Waals surface area contributed by atoms with Crippen LogP contribution in [0.1, 0.15) is 0 Å². The zero-order valence-electron chi connectivity index (χ0n) is 15.2. The number of ether oxygens (including phenoxy) is 1. The highest BCUT2D eigenvalue weighted by Crippen LogP contribution is 2.27. The number of imidazole rings is 1. The molecule has 6 nitrogen and oxygen atoms in total. The van der Waals surface area contributed by atoms with Crippen molar-refractivity contribution < 1.29 is 4.74 Å². The average Bonchev–Trinajstić information content (AvgIpc) is 3.23. The van der Waals surface area contributed by atoms with E-state index in [4.69, 9.17) is 9.72 Å². The largest absolute Gasteiger partial charge is 0.481 e. The molecule has 2 aromatic carbocycles. The number of pyridine rings is 1. The lowest BCUT2D eigenvalue weighted by Crippen LogP contribution is -2.01. The average molecular weight is 367 g/mol. The summed E-state index contributed by atoms with van der Waals surface area (Å²) in [6.07, 6.45) is 7.38. The van der Waals surface area contributed by atoms with Crippen LogP contribution >= 0.6 is 0 Å². The van der Waals surface area contributed by atoms with Gasteiger partial charge >= 0.3 is 0 Å². The predicted molar refractivity (Wildman–Crippen MR) is 110 cm³/mol. The summed E-state index contributed by atoms with van der Waals surface area (Å²) in [7, 11) is 1.60. The van der Waals surface area contributed by atoms with E-state index < -0.39 is 0 Å². The Bertz CT molecular complexity index is 1280. The van der Waals surface area contributed by atoms with Gasteiger partial charge in [-0.3, -0.25) is 0 Å². The fourth-order valence-electron chi connectivity index (χ4n) is 3.21. The summed E-state index contributed by atoms with van der Waals surface area (Å²) in [5, 5.41) is 5.71. The minimum absolute atomic E-state index is 0.564. The number of fused-ring (bicyclic) bond motifs is 2. The third kappa shape index (κ3) is 2.91. The minimum Gasteiger partial charge on any atom is -0.481 e. The van der Waals surface area contributed by atoms with E-state index >= 15 is 0 Å². The van der Waals surface area contributed by atoms with E-state index in [1.54, 1.807) is 25.6 Å². The second-order valence-corrected chi connectivity index (χ2v) is 6.41. The maximum absolute atomic E-state index is 5.12. The molecule has 28 heavy (non-hydrogen) atoms. The third-order valence-electron chi connectivity index (χ3n) is 4.63. The van der Waals surface area contributed by atoms with Crippen molar-refractivity contribution in [1.82, 2.24) is 19.4 Å². The monoisotopic (exact) mass is 367 g/mol. The van der Waals surface area contributed by atoms with E-state index in [-0.39, 0.29) is 0 Å². The number of nitrogens with one attached hydrogen (secondary N) is 1. The van der Waals surface area contributed by atoms with Crippen molar-refractivity contribution in [1.29, 1.82) is 0 Å². The summed E-state index contributed by atoms with van der Waals surface area (Å²) >= 11 is 0. The molecule has 5 aromatic rings. The van der Waals surface area contributed by atoms with Gasteiger partial charge in [-0.05, 0) is 22.9 Å². The van der Waals surface area contributed by atoms with Gasteiger partial charge in [-0.25, -0.2) is 15.0 Å². The zero-order chi connectivity index (χ0) is 18.9. The number of rotatable bonds is 4. The molecule has 0 unspecified atom stereocenters. The molecular formula is C22H17N5O. The van der Waals surface area contributed by atoms with Gasteiger partial charge in [0.2, 0.25) is 5.88 Å². The summed E-state index contributed by atoms with van der Waals surface area (Å²) in [6.45, 7) is 0. The molecule has 3 heterocycles. The third-order valence-corrected chi connectivity index (χ3v) is 4.63. The number of benzene rings is 2. The molecular weight excluding hydrogens is 350 g/mol. The van der Waals surface area contributed by atoms with Crippen LogP contribution in [-0.4, -0.2) is 26.5 Å². The standard InChI is InChI=1S/C22H17N5O/c1-28-20-9-8-18(13-24-20)25-21-22-23-10-11-27(22)14-19(26-21)17-7-6-15-4-2-3-5-16(15)12-17/h2-14H,1H3,(H,25,26). The SMILES string of the molecule is COc1ccc(Nc2nc(-c3ccc4ccccc4c3)cn3ccnc23)cn1. The van der Waals surface area contributed by atoms with Crippen LogP contribution in [-0.2, 0) is 0 Å². The first-order chi connectivity index (χ1) is 13.8. The highest BCUT2D eigenvalue weighted by atomic mass is 16.5. The molecule has 0 amide bonds. The Morgan fingerprint density at radius 1 is 0.964 bits per heavy atom. The highest BCUT2D eigenvalue weighted by Gasteiger charge is 2.10. The van der Waals surface area contributed by atoms with Gasteiger partial charge in [0.1, 0.15) is 0 Å². The highest BCUT2D eigenvalue weighted by molar-refractivity contribution is 5.87. The lowest BCUT2D eigenvalue weighted by atomic mass is 10.1. The summed E-state index contributed by atoms with van der Waals surface area (Å²) in [5.74, 6) is 1.23. The Kier molecular flexibility index (Phi) is 3.87. The second-order valence-electron chi connectivity index (χ2n) is 6.41. The van der Waals surface area contributed by atoms with Gasteiger partial charge in [0, 0.05) is 30.2 Å². The van der Waals surface area contributed by atoms with Crippen LogP contribution in [0.25, 0.3) is 27.7 Å². The number of hydrogen-bond acceptors (Lipinski definition) is 5. The predicted octanol–water partition coefficient (Wildman–Crippen LogP) is 4.70. The number of hydrogen-bond donors (Lipinski definition) is 1. The first kappa shape index (κ1) is 16.3. The van der Waals surface area contributed by atoms with Gasteiger partial charge in [-0.1, -0.05) is 36.4 Å². The maximum atomic E-state index is 5.12. The van der Waals surface area contributed by atoms with Crippen molar-refractivity contribution in [3.05, 3.63) is 79.4 Å². The van der Waals surface area contributed by atoms with Crippen molar-refractivity contribution >= 4 is 27.9 Å². The van der Waals surface area contributed by atoms with Gasteiger partial charge in [0.15, 0.2) is 11.5 Å². The van der Waals surface area contributed by atoms with Gasteiger partial charge in [-0.15, -0.1) is 0 Å². The van der Waals surface area contributed by atoms with Crippen molar-refractivity contribution in [3.8, 4) is 17.1 Å². The normalized spacial score (nSPS) is 11.0. The van der Waals surface area contributed by atoms with Crippen molar-refractivity contribution in [2.24, 2.45) is 0 Å². The number of aromatic nitrogens is 4. The van der Waals surface area contributed by atoms with Crippen LogP contribution in [0.3, 0.4) is 0 Å². The van der Waals surface area contributed by atoms with E-state index in [0.29, 0.717) is 11.7 Å². The summed E-state index contributed by atoms with van der Waals surface area (Å²) in [5.41, 5.74) is 3.47. The molecule has 0 bridgehead atoms. The molecule has 0 aliphatic heterocycles. The van der Waals surface area contributed by atoms with Crippen molar-refractivity contribution in [2.75, 3.05) is 12.4 Å². The van der Waals surface area contributed by atoms with Crippen molar-refractivity contribution in [3.63, 3.8) is 0 Å². The van der Waals surface area contributed by atoms with Gasteiger partial charge < -0.3 is 14.5 Å². The van der Waals surface area contributed by atoms with Crippen LogP contribution in [0.5, 0.6) is 5.88 Å². The molecule has 0 atom stereocenters. The lowest BCUT2D eigenvalue weighted by Gasteiger charge is -2.10. The van der Waals surface area contributed by atoms with E-state index in [2.05, 4.69) is 45.6 Å². The summed E-state index contributed by atoms with van der Waals surface area (Å²) < 4.78 is 7.09. The van der Waals surface area contributed by atoms with Gasteiger partial charge in [0.05, 0.1) is 24.7 Å². The Hall–Kier alpha value is -3.93. The molecule has 0 radical (unpaired) electrons. The maximum Gasteiger partial charge on any atom is 0.213 e. The fourth-order valence-corrected chi connectivity index (χ4v) is 3.21. The zero-order valence-corrected chi connectivity index (χ0v) is 15.2. The molecule has 136 valence electrons. The lowest BCUT2D eigenvalue weighted by molar-refractivity contribution is 0.398. The Balaban J connectivity index is 1.59. The summed E-state index contributed by atoms with van der Waals surface area (Å²) in [4.78, 5) is 13.5. The first-order valence-corrected chi connectivity index (χ1v) is 8.90. The molecule has 5 rings (SSSR count). The van der Waals surface area contributed by atoms with Crippen molar-refractivity contribution in [2.45, 2.75) is 0 Å². The fraction of sp³-hybridized carbons (Fsp3) is 0.0455. The number of methoxy groups -OCH3 is 1. The molecule has 6 heteroatoms. The van der Waals surface area contributed by atoms with Crippen LogP contribution in [0.15, 0.2) is 79.4 Å². The Labute approximate surface area is 161 Å². The van der Waals surface area contributed by atoms with Gasteiger partial charge in [-0.2, -0.15) is 0 Å². The minimum atomic E-state index is 0.564. The second kappa shape index (κ2) is 6.66. The number of anilines is 2. The summed E-state index contributed by atoms with van der Waals surface area (Å²) in [6, 6.07) is 18.4. The molecule has 0 saturated heterocycles.